The molecule has 35 heavy (non-hydrogen) atoms. The molecule has 3 heteroatoms. The quantitative estimate of drug-likeness (QED) is 0.182. The second-order valence-electron chi connectivity index (χ2n) is 12.2. The molecule has 1 aromatic rings. The molecule has 0 bridgehead atoms. The SMILES string of the molecule is CCCCCCCC(CCCCCCC)n1nnc2c1CCC1C(CC2)C1CC(CC)CCCC. The highest BCUT2D eigenvalue weighted by molar-refractivity contribution is 5.16. The molecule has 0 radical (unpaired) electrons. The lowest BCUT2D eigenvalue weighted by Gasteiger charge is -2.21. The van der Waals surface area contributed by atoms with Gasteiger partial charge in [0.15, 0.2) is 0 Å². The molecule has 4 atom stereocenters. The molecule has 0 saturated heterocycles. The Morgan fingerprint density at radius 2 is 1.31 bits per heavy atom. The summed E-state index contributed by atoms with van der Waals surface area (Å²) < 4.78 is 2.45. The molecule has 1 saturated carbocycles. The van der Waals surface area contributed by atoms with Crippen molar-refractivity contribution in [3.63, 3.8) is 0 Å². The Kier molecular flexibility index (Phi) is 13.2. The molecule has 0 aromatic carbocycles. The van der Waals surface area contributed by atoms with Crippen LogP contribution in [0, 0.1) is 23.7 Å². The van der Waals surface area contributed by atoms with E-state index in [1.807, 2.05) is 0 Å². The van der Waals surface area contributed by atoms with E-state index in [-0.39, 0.29) is 0 Å². The van der Waals surface area contributed by atoms with Crippen molar-refractivity contribution in [1.82, 2.24) is 15.0 Å². The number of hydrogen-bond donors (Lipinski definition) is 0. The Morgan fingerprint density at radius 1 is 0.714 bits per heavy atom. The third kappa shape index (κ3) is 8.89. The average Bonchev–Trinajstić information content (AvgIpc) is 3.34. The van der Waals surface area contributed by atoms with Gasteiger partial charge in [-0.15, -0.1) is 5.10 Å². The summed E-state index contributed by atoms with van der Waals surface area (Å²) >= 11 is 0. The van der Waals surface area contributed by atoms with Gasteiger partial charge in [0.25, 0.3) is 0 Å². The molecular weight excluding hydrogens is 426 g/mol. The zero-order chi connectivity index (χ0) is 24.9. The van der Waals surface area contributed by atoms with Crippen molar-refractivity contribution < 1.29 is 0 Å². The number of aryl methyl sites for hydroxylation is 1. The van der Waals surface area contributed by atoms with E-state index >= 15 is 0 Å². The summed E-state index contributed by atoms with van der Waals surface area (Å²) in [5.74, 6) is 3.95. The molecule has 202 valence electrons. The van der Waals surface area contributed by atoms with E-state index in [4.69, 9.17) is 10.3 Å². The molecule has 3 nitrogen and oxygen atoms in total. The zero-order valence-corrected chi connectivity index (χ0v) is 24.1. The number of rotatable bonds is 19. The lowest BCUT2D eigenvalue weighted by atomic mass is 9.92. The van der Waals surface area contributed by atoms with E-state index < -0.39 is 0 Å². The molecule has 0 aliphatic heterocycles. The predicted molar refractivity (Wildman–Crippen MR) is 151 cm³/mol. The van der Waals surface area contributed by atoms with Gasteiger partial charge in [0.2, 0.25) is 0 Å². The largest absolute Gasteiger partial charge is 0.246 e. The van der Waals surface area contributed by atoms with Crippen LogP contribution in [0.5, 0.6) is 0 Å². The van der Waals surface area contributed by atoms with Crippen molar-refractivity contribution in [1.29, 1.82) is 0 Å². The first kappa shape index (κ1) is 28.7. The Morgan fingerprint density at radius 3 is 1.91 bits per heavy atom. The van der Waals surface area contributed by atoms with E-state index in [0.29, 0.717) is 6.04 Å². The Labute approximate surface area is 218 Å². The van der Waals surface area contributed by atoms with Crippen molar-refractivity contribution in [2.45, 2.75) is 169 Å². The second-order valence-corrected chi connectivity index (χ2v) is 12.2. The second kappa shape index (κ2) is 16.1. The van der Waals surface area contributed by atoms with Gasteiger partial charge in [0, 0.05) is 0 Å². The summed E-state index contributed by atoms with van der Waals surface area (Å²) in [6.45, 7) is 9.39. The summed E-state index contributed by atoms with van der Waals surface area (Å²) in [5.41, 5.74) is 2.88. The van der Waals surface area contributed by atoms with E-state index in [9.17, 15) is 0 Å². The van der Waals surface area contributed by atoms with Gasteiger partial charge in [0.1, 0.15) is 0 Å². The van der Waals surface area contributed by atoms with Crippen LogP contribution in [0.2, 0.25) is 0 Å². The first-order valence-electron chi connectivity index (χ1n) is 16.2. The van der Waals surface area contributed by atoms with Crippen LogP contribution in [-0.4, -0.2) is 15.0 Å². The normalized spacial score (nSPS) is 22.5. The van der Waals surface area contributed by atoms with Crippen molar-refractivity contribution in [3.05, 3.63) is 11.4 Å². The molecule has 0 amide bonds. The maximum Gasteiger partial charge on any atom is 0.0859 e. The maximum absolute atomic E-state index is 4.83. The summed E-state index contributed by atoms with van der Waals surface area (Å²) in [6.07, 6.45) is 28.6. The highest BCUT2D eigenvalue weighted by atomic mass is 15.4. The summed E-state index contributed by atoms with van der Waals surface area (Å²) in [4.78, 5) is 0. The minimum atomic E-state index is 0.582. The van der Waals surface area contributed by atoms with Crippen molar-refractivity contribution in [3.8, 4) is 0 Å². The molecule has 2 aliphatic carbocycles. The van der Waals surface area contributed by atoms with E-state index in [2.05, 4.69) is 32.4 Å². The van der Waals surface area contributed by atoms with Gasteiger partial charge in [0.05, 0.1) is 17.4 Å². The van der Waals surface area contributed by atoms with Crippen LogP contribution in [0.3, 0.4) is 0 Å². The molecule has 1 fully saturated rings. The molecule has 0 N–H and O–H groups in total. The van der Waals surface area contributed by atoms with Crippen molar-refractivity contribution in [2.75, 3.05) is 0 Å². The minimum Gasteiger partial charge on any atom is -0.246 e. The number of nitrogens with zero attached hydrogens (tertiary/aromatic N) is 3. The number of aromatic nitrogens is 3. The molecule has 0 spiro atoms. The van der Waals surface area contributed by atoms with E-state index in [0.717, 1.165) is 23.7 Å². The van der Waals surface area contributed by atoms with Gasteiger partial charge in [-0.05, 0) is 68.6 Å². The fourth-order valence-corrected chi connectivity index (χ4v) is 7.15. The lowest BCUT2D eigenvalue weighted by Crippen LogP contribution is -2.16. The highest BCUT2D eigenvalue weighted by Crippen LogP contribution is 2.56. The predicted octanol–water partition coefficient (Wildman–Crippen LogP) is 9.89. The molecular formula is C32H59N3. The van der Waals surface area contributed by atoms with Gasteiger partial charge < -0.3 is 0 Å². The van der Waals surface area contributed by atoms with Crippen LogP contribution in [-0.2, 0) is 12.8 Å². The average molecular weight is 486 g/mol. The van der Waals surface area contributed by atoms with Gasteiger partial charge >= 0.3 is 0 Å². The minimum absolute atomic E-state index is 0.582. The van der Waals surface area contributed by atoms with Gasteiger partial charge in [-0.25, -0.2) is 4.68 Å². The van der Waals surface area contributed by atoms with Crippen LogP contribution in [0.15, 0.2) is 0 Å². The summed E-state index contributed by atoms with van der Waals surface area (Å²) in [7, 11) is 0. The first-order valence-corrected chi connectivity index (χ1v) is 16.2. The third-order valence-corrected chi connectivity index (χ3v) is 9.59. The lowest BCUT2D eigenvalue weighted by molar-refractivity contribution is 0.349. The molecule has 4 unspecified atom stereocenters. The van der Waals surface area contributed by atoms with Crippen LogP contribution >= 0.6 is 0 Å². The summed E-state index contributed by atoms with van der Waals surface area (Å²) in [5, 5.41) is 9.64. The highest BCUT2D eigenvalue weighted by Gasteiger charge is 2.49. The van der Waals surface area contributed by atoms with Crippen molar-refractivity contribution >= 4 is 0 Å². The fraction of sp³-hybridized carbons (Fsp3) is 0.938. The van der Waals surface area contributed by atoms with E-state index in [1.54, 1.807) is 0 Å². The Balaban J connectivity index is 1.58. The molecule has 3 rings (SSSR count). The number of hydrogen-bond acceptors (Lipinski definition) is 2. The van der Waals surface area contributed by atoms with Gasteiger partial charge in [-0.3, -0.25) is 0 Å². The monoisotopic (exact) mass is 485 g/mol. The molecule has 1 aromatic heterocycles. The van der Waals surface area contributed by atoms with Crippen LogP contribution in [0.25, 0.3) is 0 Å². The number of fused-ring (bicyclic) bond motifs is 2. The Hall–Kier alpha value is -0.860. The Bertz CT molecular complexity index is 666. The van der Waals surface area contributed by atoms with Gasteiger partial charge in [-0.1, -0.05) is 123 Å². The van der Waals surface area contributed by atoms with Crippen LogP contribution < -0.4 is 0 Å². The van der Waals surface area contributed by atoms with Crippen LogP contribution in [0.4, 0.5) is 0 Å². The first-order chi connectivity index (χ1) is 17.2. The zero-order valence-electron chi connectivity index (χ0n) is 24.1. The summed E-state index contributed by atoms with van der Waals surface area (Å²) in [6, 6.07) is 0.582. The van der Waals surface area contributed by atoms with Crippen molar-refractivity contribution in [2.24, 2.45) is 23.7 Å². The van der Waals surface area contributed by atoms with Gasteiger partial charge in [-0.2, -0.15) is 0 Å². The fourth-order valence-electron chi connectivity index (χ4n) is 7.15. The van der Waals surface area contributed by atoms with E-state index in [1.165, 1.54) is 146 Å². The third-order valence-electron chi connectivity index (χ3n) is 9.59. The smallest absolute Gasteiger partial charge is 0.0859 e. The maximum atomic E-state index is 4.83. The van der Waals surface area contributed by atoms with Crippen LogP contribution in [0.1, 0.15) is 167 Å². The molecule has 2 aliphatic rings. The molecule has 1 heterocycles. The standard InChI is InChI=1S/C32H59N3/c1-5-9-12-14-16-19-27(20-17-15-13-10-6-2)35-32-24-22-29-28(21-23-31(32)33-34-35)30(29)25-26(8-4)18-11-7-3/h26-30H,5-25H2,1-4H3. The topological polar surface area (TPSA) is 30.7 Å². The number of unbranched alkanes of at least 4 members (excludes halogenated alkanes) is 9.